The number of benzene rings is 3. The number of ether oxygens (including phenoxy) is 2. The normalized spacial score (nSPS) is 12.5. The van der Waals surface area contributed by atoms with E-state index >= 15 is 0 Å². The van der Waals surface area contributed by atoms with Gasteiger partial charge in [-0.3, -0.25) is 9.20 Å². The summed E-state index contributed by atoms with van der Waals surface area (Å²) in [6.07, 6.45) is 0. The second kappa shape index (κ2) is 8.95. The number of rotatable bonds is 7. The van der Waals surface area contributed by atoms with E-state index in [1.54, 1.807) is 12.1 Å². The van der Waals surface area contributed by atoms with E-state index in [4.69, 9.17) is 9.47 Å². The Morgan fingerprint density at radius 3 is 2.60 bits per heavy atom. The van der Waals surface area contributed by atoms with E-state index in [1.807, 2.05) is 51.4 Å². The van der Waals surface area contributed by atoms with Gasteiger partial charge in [-0.25, -0.2) is 4.39 Å². The lowest BCUT2D eigenvalue weighted by atomic mass is 10.2. The summed E-state index contributed by atoms with van der Waals surface area (Å²) in [5.41, 5.74) is 3.81. The van der Waals surface area contributed by atoms with Crippen molar-refractivity contribution in [3.63, 3.8) is 0 Å². The monoisotopic (exact) mass is 489 g/mol. The van der Waals surface area contributed by atoms with E-state index in [-0.39, 0.29) is 24.3 Å². The topological polar surface area (TPSA) is 82.7 Å². The molecule has 1 aliphatic rings. The van der Waals surface area contributed by atoms with Crippen molar-refractivity contribution < 1.29 is 18.7 Å². The van der Waals surface area contributed by atoms with Gasteiger partial charge in [-0.15, -0.1) is 10.2 Å². The first-order valence-corrected chi connectivity index (χ1v) is 12.0. The molecule has 0 atom stereocenters. The molecule has 0 saturated carbocycles. The van der Waals surface area contributed by atoms with Crippen LogP contribution in [0.5, 0.6) is 11.5 Å². The van der Waals surface area contributed by atoms with Gasteiger partial charge in [0.15, 0.2) is 16.7 Å². The van der Waals surface area contributed by atoms with Crippen LogP contribution in [0.15, 0.2) is 71.9 Å². The number of hydrogen-bond acceptors (Lipinski definition) is 6. The number of nitrogens with one attached hydrogen (secondary N) is 1. The average Bonchev–Trinajstić information content (AvgIpc) is 3.59. The molecular weight excluding hydrogens is 469 g/mol. The van der Waals surface area contributed by atoms with Crippen LogP contribution >= 0.6 is 11.8 Å². The summed E-state index contributed by atoms with van der Waals surface area (Å²) in [6, 6.07) is 20.0. The predicted molar refractivity (Wildman–Crippen MR) is 129 cm³/mol. The number of hydrogen-bond donors (Lipinski definition) is 1. The maximum absolute atomic E-state index is 13.3. The van der Waals surface area contributed by atoms with Crippen molar-refractivity contribution in [1.82, 2.24) is 24.5 Å². The van der Waals surface area contributed by atoms with Gasteiger partial charge in [0.2, 0.25) is 18.5 Å². The van der Waals surface area contributed by atoms with Gasteiger partial charge >= 0.3 is 0 Å². The number of halogens is 1. The molecule has 3 aromatic carbocycles. The van der Waals surface area contributed by atoms with Gasteiger partial charge in [0.25, 0.3) is 0 Å². The van der Waals surface area contributed by atoms with Crippen LogP contribution in [0.1, 0.15) is 11.1 Å². The molecule has 0 fully saturated rings. The van der Waals surface area contributed by atoms with Gasteiger partial charge in [-0.2, -0.15) is 0 Å². The summed E-state index contributed by atoms with van der Waals surface area (Å²) in [5.74, 6) is 1.88. The molecule has 0 bridgehead atoms. The molecule has 8 nitrogen and oxygen atoms in total. The third-order valence-corrected chi connectivity index (χ3v) is 6.71. The smallest absolute Gasteiger partial charge is 0.237 e. The Hall–Kier alpha value is -4.05. The fourth-order valence-corrected chi connectivity index (χ4v) is 4.86. The molecule has 10 heteroatoms. The standard InChI is InChI=1S/C25H20FN5O3S/c26-18-8-5-16(6-9-18)13-30-19-3-1-2-4-20(19)31-24(30)28-29-25(31)35-14-23(32)27-12-17-7-10-21-22(11-17)34-15-33-21/h1-11H,12-15H2,(H,27,32). The van der Waals surface area contributed by atoms with E-state index in [1.165, 1.54) is 23.9 Å². The molecule has 3 heterocycles. The Morgan fingerprint density at radius 1 is 0.971 bits per heavy atom. The van der Waals surface area contributed by atoms with Crippen LogP contribution in [0, 0.1) is 5.82 Å². The summed E-state index contributed by atoms with van der Waals surface area (Å²) in [4.78, 5) is 12.5. The molecule has 0 spiro atoms. The molecule has 35 heavy (non-hydrogen) atoms. The van der Waals surface area contributed by atoms with Gasteiger partial charge in [0.1, 0.15) is 5.82 Å². The third kappa shape index (κ3) is 4.17. The van der Waals surface area contributed by atoms with E-state index in [2.05, 4.69) is 15.5 Å². The third-order valence-electron chi connectivity index (χ3n) is 5.78. The number of thioether (sulfide) groups is 1. The molecule has 6 rings (SSSR count). The Bertz CT molecular complexity index is 1550. The van der Waals surface area contributed by atoms with Crippen LogP contribution in [0.4, 0.5) is 4.39 Å². The minimum absolute atomic E-state index is 0.112. The Morgan fingerprint density at radius 2 is 1.74 bits per heavy atom. The lowest BCUT2D eigenvalue weighted by Gasteiger charge is -2.06. The first-order valence-electron chi connectivity index (χ1n) is 11.0. The number of amides is 1. The molecule has 2 aromatic heterocycles. The number of fused-ring (bicyclic) bond motifs is 4. The van der Waals surface area contributed by atoms with Gasteiger partial charge in [0, 0.05) is 6.54 Å². The Balaban J connectivity index is 1.19. The van der Waals surface area contributed by atoms with E-state index in [0.29, 0.717) is 35.5 Å². The van der Waals surface area contributed by atoms with Gasteiger partial charge in [-0.1, -0.05) is 42.1 Å². The van der Waals surface area contributed by atoms with Crippen LogP contribution in [0.3, 0.4) is 0 Å². The second-order valence-corrected chi connectivity index (χ2v) is 9.01. The molecule has 176 valence electrons. The average molecular weight is 490 g/mol. The van der Waals surface area contributed by atoms with Crippen LogP contribution in [0.25, 0.3) is 16.8 Å². The van der Waals surface area contributed by atoms with Gasteiger partial charge < -0.3 is 19.4 Å². The number of carbonyl (C=O) groups is 1. The van der Waals surface area contributed by atoms with Crippen LogP contribution < -0.4 is 14.8 Å². The van der Waals surface area contributed by atoms with Crippen LogP contribution in [-0.4, -0.2) is 37.6 Å². The summed E-state index contributed by atoms with van der Waals surface area (Å²) in [5, 5.41) is 12.3. The maximum Gasteiger partial charge on any atom is 0.237 e. The fourth-order valence-electron chi connectivity index (χ4n) is 4.09. The van der Waals surface area contributed by atoms with E-state index < -0.39 is 0 Å². The largest absolute Gasteiger partial charge is 0.454 e. The molecule has 0 saturated heterocycles. The van der Waals surface area contributed by atoms with Crippen molar-refractivity contribution in [2.24, 2.45) is 0 Å². The van der Waals surface area contributed by atoms with Gasteiger partial charge in [0.05, 0.1) is 23.3 Å². The Labute approximate surface area is 203 Å². The maximum atomic E-state index is 13.3. The highest BCUT2D eigenvalue weighted by molar-refractivity contribution is 7.99. The molecular formula is C25H20FN5O3S. The lowest BCUT2D eigenvalue weighted by molar-refractivity contribution is -0.118. The first-order chi connectivity index (χ1) is 17.2. The van der Waals surface area contributed by atoms with Crippen LogP contribution in [0.2, 0.25) is 0 Å². The molecule has 0 radical (unpaired) electrons. The number of nitrogens with zero attached hydrogens (tertiary/aromatic N) is 4. The van der Waals surface area contributed by atoms with E-state index in [9.17, 15) is 9.18 Å². The first kappa shape index (κ1) is 21.5. The highest BCUT2D eigenvalue weighted by Crippen LogP contribution is 2.32. The highest BCUT2D eigenvalue weighted by Gasteiger charge is 2.18. The summed E-state index contributed by atoms with van der Waals surface area (Å²) >= 11 is 1.33. The summed E-state index contributed by atoms with van der Waals surface area (Å²) in [7, 11) is 0. The molecule has 1 N–H and O–H groups in total. The van der Waals surface area contributed by atoms with E-state index in [0.717, 1.165) is 22.2 Å². The van der Waals surface area contributed by atoms with Crippen molar-refractivity contribution in [2.75, 3.05) is 12.5 Å². The fraction of sp³-hybridized carbons (Fsp3) is 0.160. The molecule has 0 aliphatic carbocycles. The zero-order valence-corrected chi connectivity index (χ0v) is 19.3. The van der Waals surface area contributed by atoms with Crippen LogP contribution in [-0.2, 0) is 17.9 Å². The molecule has 5 aromatic rings. The Kier molecular flexibility index (Phi) is 5.49. The van der Waals surface area contributed by atoms with Gasteiger partial charge in [-0.05, 0) is 47.5 Å². The zero-order chi connectivity index (χ0) is 23.8. The minimum Gasteiger partial charge on any atom is -0.454 e. The summed E-state index contributed by atoms with van der Waals surface area (Å²) in [6.45, 7) is 1.13. The number of imidazole rings is 1. The number of para-hydroxylation sites is 2. The van der Waals surface area contributed by atoms with Crippen molar-refractivity contribution in [2.45, 2.75) is 18.2 Å². The van der Waals surface area contributed by atoms with Crippen molar-refractivity contribution in [3.8, 4) is 11.5 Å². The molecule has 1 amide bonds. The number of carbonyl (C=O) groups excluding carboxylic acids is 1. The van der Waals surface area contributed by atoms with Crippen molar-refractivity contribution >= 4 is 34.5 Å². The summed E-state index contributed by atoms with van der Waals surface area (Å²) < 4.78 is 28.1. The minimum atomic E-state index is -0.269. The van der Waals surface area contributed by atoms with Crippen molar-refractivity contribution in [1.29, 1.82) is 0 Å². The molecule has 1 aliphatic heterocycles. The molecule has 0 unspecified atom stereocenters. The predicted octanol–water partition coefficient (Wildman–Crippen LogP) is 4.01. The lowest BCUT2D eigenvalue weighted by Crippen LogP contribution is -2.24. The zero-order valence-electron chi connectivity index (χ0n) is 18.5. The quantitative estimate of drug-likeness (QED) is 0.348. The van der Waals surface area contributed by atoms with Crippen molar-refractivity contribution in [3.05, 3.63) is 83.7 Å². The second-order valence-electron chi connectivity index (χ2n) is 8.07. The highest BCUT2D eigenvalue weighted by atomic mass is 32.2. The SMILES string of the molecule is O=C(CSc1nnc2n(Cc3ccc(F)cc3)c3ccccc3n12)NCc1ccc2c(c1)OCO2. The number of aromatic nitrogens is 4.